The molecule has 6 N–H and O–H groups in total. The molecule has 0 saturated carbocycles. The number of benzene rings is 2. The lowest BCUT2D eigenvalue weighted by molar-refractivity contribution is 0.170. The van der Waals surface area contributed by atoms with Crippen LogP contribution in [0.5, 0.6) is 5.75 Å². The average Bonchev–Trinajstić information content (AvgIpc) is 3.36. The van der Waals surface area contributed by atoms with E-state index in [0.717, 1.165) is 81.8 Å². The van der Waals surface area contributed by atoms with E-state index in [1.807, 2.05) is 57.2 Å². The molecule has 3 aliphatic rings. The molecule has 12 heteroatoms. The van der Waals surface area contributed by atoms with Crippen LogP contribution in [0.3, 0.4) is 0 Å². The van der Waals surface area contributed by atoms with Crippen LogP contribution in [0.4, 0.5) is 10.5 Å². The molecular weight excluding hydrogens is 689 g/mol. The van der Waals surface area contributed by atoms with Crippen LogP contribution in [0.1, 0.15) is 95.1 Å². The second kappa shape index (κ2) is 17.7. The summed E-state index contributed by atoms with van der Waals surface area (Å²) in [5, 5.41) is 23.7. The average molecular weight is 749 g/mol. The van der Waals surface area contributed by atoms with Gasteiger partial charge in [0.15, 0.2) is 0 Å². The fourth-order valence-electron chi connectivity index (χ4n) is 7.61. The van der Waals surface area contributed by atoms with Crippen LogP contribution in [0.25, 0.3) is 0 Å². The normalized spacial score (nSPS) is 21.7. The maximum absolute atomic E-state index is 13.7. The highest BCUT2D eigenvalue weighted by Crippen LogP contribution is 2.38. The van der Waals surface area contributed by atoms with Crippen molar-refractivity contribution in [3.63, 3.8) is 0 Å². The van der Waals surface area contributed by atoms with Crippen molar-refractivity contribution in [3.05, 3.63) is 101 Å². The number of hydrogen-bond acceptors (Lipinski definition) is 8. The number of piperidine rings is 1. The monoisotopic (exact) mass is 748 g/mol. The van der Waals surface area contributed by atoms with E-state index in [2.05, 4.69) is 51.4 Å². The van der Waals surface area contributed by atoms with Crippen LogP contribution in [0, 0.1) is 16.2 Å². The van der Waals surface area contributed by atoms with E-state index in [0.29, 0.717) is 36.1 Å². The summed E-state index contributed by atoms with van der Waals surface area (Å²) in [6.45, 7) is 14.2. The summed E-state index contributed by atoms with van der Waals surface area (Å²) in [6.07, 6.45) is 9.00. The van der Waals surface area contributed by atoms with Gasteiger partial charge in [-0.15, -0.1) is 0 Å². The quantitative estimate of drug-likeness (QED) is 0.135. The van der Waals surface area contributed by atoms with Gasteiger partial charge < -0.3 is 25.6 Å². The molecule has 0 spiro atoms. The number of nitrogens with zero attached hydrogens (tertiary/aromatic N) is 5. The molecule has 2 amide bonds. The number of pyridine rings is 1. The molecule has 1 aromatic heterocycles. The number of aliphatic imine (C=N–C) groups is 1. The molecule has 1 aliphatic carbocycles. The van der Waals surface area contributed by atoms with Gasteiger partial charge in [-0.05, 0) is 107 Å². The van der Waals surface area contributed by atoms with Gasteiger partial charge in [0.25, 0.3) is 0 Å². The van der Waals surface area contributed by atoms with Crippen molar-refractivity contribution in [2.24, 2.45) is 16.1 Å². The maximum atomic E-state index is 13.7. The number of carbonyl (C=O) groups is 1. The summed E-state index contributed by atoms with van der Waals surface area (Å²) in [7, 11) is 2.18. The van der Waals surface area contributed by atoms with Gasteiger partial charge in [-0.2, -0.15) is 0 Å². The Labute approximate surface area is 326 Å². The van der Waals surface area contributed by atoms with E-state index in [4.69, 9.17) is 26.3 Å². The predicted molar refractivity (Wildman–Crippen MR) is 220 cm³/mol. The van der Waals surface area contributed by atoms with E-state index < -0.39 is 0 Å². The molecule has 294 valence electrons. The van der Waals surface area contributed by atoms with Crippen molar-refractivity contribution in [2.75, 3.05) is 39.8 Å². The Morgan fingerprint density at radius 3 is 2.55 bits per heavy atom. The summed E-state index contributed by atoms with van der Waals surface area (Å²) in [5.41, 5.74) is 11.0. The minimum absolute atomic E-state index is 0.241. The molecule has 0 bridgehead atoms. The van der Waals surface area contributed by atoms with Gasteiger partial charge in [-0.3, -0.25) is 25.6 Å². The lowest BCUT2D eigenvalue weighted by atomic mass is 9.85. The number of urea groups is 1. The summed E-state index contributed by atoms with van der Waals surface area (Å²) < 4.78 is 8.18. The second-order valence-electron chi connectivity index (χ2n) is 16.4. The maximum Gasteiger partial charge on any atom is 0.320 e. The fraction of sp³-hybridized carbons (Fsp3) is 0.488. The lowest BCUT2D eigenvalue weighted by Crippen LogP contribution is -2.47. The first-order chi connectivity index (χ1) is 26.3. The number of likely N-dealkylation sites (tertiary alicyclic amines) is 1. The zero-order valence-electron chi connectivity index (χ0n) is 33.3. The van der Waals surface area contributed by atoms with Crippen molar-refractivity contribution in [1.82, 2.24) is 29.9 Å². The van der Waals surface area contributed by atoms with Gasteiger partial charge in [-0.25, -0.2) is 9.79 Å². The topological polar surface area (TPSA) is 151 Å². The molecule has 2 fully saturated rings. The third-order valence-electron chi connectivity index (χ3n) is 11.0. The molecule has 3 atom stereocenters. The molecule has 6 rings (SSSR count). The number of carbonyl (C=O) groups excluding carboxylic acids is 1. The Morgan fingerprint density at radius 1 is 0.964 bits per heavy atom. The number of ether oxygens (including phenoxy) is 1. The molecule has 2 unspecified atom stereocenters. The molecule has 0 radical (unpaired) electrons. The smallest absolute Gasteiger partial charge is 0.320 e. The standard InChI is InChI=1S/C43H60N10O2/c1-30-12-8-9-23-52(30)41(46)53-29-33(17-20-39(53)45)55-37-19-18-36(34-15-6-7-16-35(34)37)48-42(54)49-40(27-38(44)43(2,3)4)47-32-14-10-13-31(26-32)28-51-22-11-21-50(5)24-25-51/h6-7,10,13-17,20,26-27,29-30,36-37,45-46H,8-9,11-12,18-19,21-25,28,44H2,1-5H3,(H2,47,48,49,54)/b38-27-,45-39?,46-41?/t30-,36?,37?/m0/s1. The number of amidine groups is 1. The number of rotatable bonds is 7. The molecule has 3 heterocycles. The predicted octanol–water partition coefficient (Wildman–Crippen LogP) is 6.64. The SMILES string of the molecule is C[C@H]1CCCCN1C(=N)n1cc(OC2CCC(NC(=O)NC(/C=C(\N)C(C)(C)C)=Nc3cccc(CN4CCCN(C)CC4)c3)c3ccccc32)ccc1=N. The number of allylic oxidation sites excluding steroid dienone is 1. The van der Waals surface area contributed by atoms with E-state index in [-0.39, 0.29) is 35.1 Å². The van der Waals surface area contributed by atoms with E-state index in [1.165, 1.54) is 5.56 Å². The molecule has 2 aromatic carbocycles. The Kier molecular flexibility index (Phi) is 12.8. The molecule has 2 saturated heterocycles. The first-order valence-electron chi connectivity index (χ1n) is 19.9. The first-order valence-corrected chi connectivity index (χ1v) is 19.9. The van der Waals surface area contributed by atoms with Gasteiger partial charge in [0.1, 0.15) is 23.2 Å². The van der Waals surface area contributed by atoms with Gasteiger partial charge in [-0.1, -0.05) is 57.2 Å². The lowest BCUT2D eigenvalue weighted by Gasteiger charge is -2.36. The number of amides is 2. The third kappa shape index (κ3) is 10.4. The summed E-state index contributed by atoms with van der Waals surface area (Å²) in [4.78, 5) is 25.6. The van der Waals surface area contributed by atoms with Crippen molar-refractivity contribution in [1.29, 1.82) is 10.8 Å². The third-order valence-corrected chi connectivity index (χ3v) is 11.0. The second-order valence-corrected chi connectivity index (χ2v) is 16.4. The highest BCUT2D eigenvalue weighted by atomic mass is 16.5. The highest BCUT2D eigenvalue weighted by Gasteiger charge is 2.30. The van der Waals surface area contributed by atoms with Crippen molar-refractivity contribution in [2.45, 2.75) is 91.0 Å². The van der Waals surface area contributed by atoms with Crippen LogP contribution >= 0.6 is 0 Å². The molecule has 55 heavy (non-hydrogen) atoms. The molecular formula is C43H60N10O2. The van der Waals surface area contributed by atoms with E-state index in [9.17, 15) is 4.79 Å². The summed E-state index contributed by atoms with van der Waals surface area (Å²) in [5.74, 6) is 1.28. The zero-order chi connectivity index (χ0) is 39.1. The largest absolute Gasteiger partial charge is 0.484 e. The van der Waals surface area contributed by atoms with Crippen LogP contribution in [-0.2, 0) is 6.54 Å². The van der Waals surface area contributed by atoms with Gasteiger partial charge in [0.2, 0.25) is 5.96 Å². The Hall–Kier alpha value is -4.94. The van der Waals surface area contributed by atoms with Gasteiger partial charge in [0, 0.05) is 49.4 Å². The summed E-state index contributed by atoms with van der Waals surface area (Å²) >= 11 is 0. The Morgan fingerprint density at radius 2 is 1.76 bits per heavy atom. The molecule has 2 aliphatic heterocycles. The number of fused-ring (bicyclic) bond motifs is 1. The van der Waals surface area contributed by atoms with Crippen molar-refractivity contribution < 1.29 is 9.53 Å². The Balaban J connectivity index is 1.16. The minimum Gasteiger partial charge on any atom is -0.484 e. The molecule has 12 nitrogen and oxygen atoms in total. The van der Waals surface area contributed by atoms with Gasteiger partial charge in [0.05, 0.1) is 17.9 Å². The van der Waals surface area contributed by atoms with Gasteiger partial charge >= 0.3 is 6.03 Å². The van der Waals surface area contributed by atoms with Crippen molar-refractivity contribution >= 4 is 23.5 Å². The number of hydrogen-bond donors (Lipinski definition) is 5. The number of nitrogens with one attached hydrogen (secondary N) is 4. The van der Waals surface area contributed by atoms with Crippen LogP contribution in [-0.4, -0.2) is 82.9 Å². The van der Waals surface area contributed by atoms with E-state index in [1.54, 1.807) is 29.0 Å². The molecule has 3 aromatic rings. The van der Waals surface area contributed by atoms with Crippen LogP contribution in [0.2, 0.25) is 0 Å². The number of aromatic nitrogens is 1. The number of likely N-dealkylation sites (N-methyl/N-ethyl adjacent to an activating group) is 1. The van der Waals surface area contributed by atoms with E-state index >= 15 is 0 Å². The minimum atomic E-state index is -0.363. The first kappa shape index (κ1) is 39.7. The highest BCUT2D eigenvalue weighted by molar-refractivity contribution is 6.05. The fourth-order valence-corrected chi connectivity index (χ4v) is 7.61. The summed E-state index contributed by atoms with van der Waals surface area (Å²) in [6, 6.07) is 19.4. The van der Waals surface area contributed by atoms with Crippen LogP contribution in [0.15, 0.2) is 83.6 Å². The van der Waals surface area contributed by atoms with Crippen molar-refractivity contribution in [3.8, 4) is 5.75 Å². The zero-order valence-corrected chi connectivity index (χ0v) is 33.3. The number of nitrogens with two attached hydrogens (primary N) is 1. The Bertz CT molecular complexity index is 1950. The van der Waals surface area contributed by atoms with Crippen LogP contribution < -0.4 is 26.6 Å².